The lowest BCUT2D eigenvalue weighted by molar-refractivity contribution is 0.437. The van der Waals surface area contributed by atoms with Crippen molar-refractivity contribution in [3.63, 3.8) is 0 Å². The molecule has 0 amide bonds. The van der Waals surface area contributed by atoms with Gasteiger partial charge in [-0.05, 0) is 63.0 Å². The largest absolute Gasteiger partial charge is 0.457 e. The van der Waals surface area contributed by atoms with Gasteiger partial charge in [0.2, 0.25) is 0 Å². The first kappa shape index (κ1) is 26.7. The first-order valence-corrected chi connectivity index (χ1v) is 16.9. The second-order valence-electron chi connectivity index (χ2n) is 13.2. The Balaban J connectivity index is 1.26. The van der Waals surface area contributed by atoms with E-state index < -0.39 is 5.41 Å². The lowest BCUT2D eigenvalue weighted by Gasteiger charge is -2.39. The highest BCUT2D eigenvalue weighted by Gasteiger charge is 2.51. The topological polar surface area (TPSA) is 14.2 Å². The highest BCUT2D eigenvalue weighted by molar-refractivity contribution is 6.19. The van der Waals surface area contributed by atoms with Gasteiger partial charge in [0.1, 0.15) is 11.5 Å². The Labute approximate surface area is 284 Å². The van der Waals surface area contributed by atoms with E-state index in [1.165, 1.54) is 71.6 Å². The number of rotatable bonds is 2. The number of benzene rings is 8. The molecule has 9 aromatic rings. The van der Waals surface area contributed by atoms with Crippen LogP contribution in [0.5, 0.6) is 11.5 Å². The molecular weight excluding hydrogens is 595 g/mol. The summed E-state index contributed by atoms with van der Waals surface area (Å²) >= 11 is 0. The maximum atomic E-state index is 6.94. The molecule has 228 valence electrons. The minimum Gasteiger partial charge on any atom is -0.457 e. The van der Waals surface area contributed by atoms with Crippen molar-refractivity contribution in [3.05, 3.63) is 198 Å². The Morgan fingerprint density at radius 1 is 0.408 bits per heavy atom. The maximum absolute atomic E-state index is 6.94. The molecular formula is C47H29NO. The van der Waals surface area contributed by atoms with Crippen molar-refractivity contribution in [1.29, 1.82) is 0 Å². The Morgan fingerprint density at radius 3 is 1.82 bits per heavy atom. The van der Waals surface area contributed by atoms with Gasteiger partial charge in [-0.15, -0.1) is 0 Å². The molecule has 0 saturated carbocycles. The van der Waals surface area contributed by atoms with E-state index in [0.717, 1.165) is 22.7 Å². The Bertz CT molecular complexity index is 2740. The fourth-order valence-electron chi connectivity index (χ4n) is 8.83. The SMILES string of the molecule is c1ccc(-c2ccc(-n3c4cc5c(cc4c4ccc6ccccc6c43)C3(c4ccccc4O5)c4ccccc4-c4ccccc43)cc2)cc1. The first-order chi connectivity index (χ1) is 24.3. The third-order valence-corrected chi connectivity index (χ3v) is 10.9. The number of hydrogen-bond acceptors (Lipinski definition) is 1. The van der Waals surface area contributed by atoms with E-state index in [1.807, 2.05) is 0 Å². The zero-order chi connectivity index (χ0) is 32.1. The summed E-state index contributed by atoms with van der Waals surface area (Å²) in [6.07, 6.45) is 0. The monoisotopic (exact) mass is 623 g/mol. The van der Waals surface area contributed by atoms with Crippen molar-refractivity contribution in [2.24, 2.45) is 0 Å². The average Bonchev–Trinajstić information content (AvgIpc) is 3.65. The molecule has 0 radical (unpaired) electrons. The predicted molar refractivity (Wildman–Crippen MR) is 201 cm³/mol. The van der Waals surface area contributed by atoms with E-state index in [2.05, 4.69) is 180 Å². The summed E-state index contributed by atoms with van der Waals surface area (Å²) in [5, 5.41) is 4.91. The molecule has 2 heterocycles. The quantitative estimate of drug-likeness (QED) is 0.187. The molecule has 0 saturated heterocycles. The molecule has 2 nitrogen and oxygen atoms in total. The van der Waals surface area contributed by atoms with Crippen molar-refractivity contribution in [3.8, 4) is 39.4 Å². The summed E-state index contributed by atoms with van der Waals surface area (Å²) in [7, 11) is 0. The van der Waals surface area contributed by atoms with Crippen LogP contribution in [0.2, 0.25) is 0 Å². The number of fused-ring (bicyclic) bond motifs is 14. The van der Waals surface area contributed by atoms with Crippen LogP contribution in [0.1, 0.15) is 22.3 Å². The van der Waals surface area contributed by atoms with Gasteiger partial charge in [-0.2, -0.15) is 0 Å². The van der Waals surface area contributed by atoms with Crippen LogP contribution in [-0.2, 0) is 5.41 Å². The molecule has 0 N–H and O–H groups in total. The lowest BCUT2D eigenvalue weighted by atomic mass is 9.66. The summed E-state index contributed by atoms with van der Waals surface area (Å²) in [4.78, 5) is 0. The lowest BCUT2D eigenvalue weighted by Crippen LogP contribution is -2.32. The highest BCUT2D eigenvalue weighted by atomic mass is 16.5. The van der Waals surface area contributed by atoms with Crippen LogP contribution >= 0.6 is 0 Å². The van der Waals surface area contributed by atoms with Gasteiger partial charge in [0.25, 0.3) is 0 Å². The van der Waals surface area contributed by atoms with E-state index in [-0.39, 0.29) is 0 Å². The first-order valence-electron chi connectivity index (χ1n) is 16.9. The average molecular weight is 624 g/mol. The van der Waals surface area contributed by atoms with Gasteiger partial charge in [-0.25, -0.2) is 0 Å². The van der Waals surface area contributed by atoms with Crippen LogP contribution < -0.4 is 4.74 Å². The molecule has 1 aliphatic heterocycles. The fourth-order valence-corrected chi connectivity index (χ4v) is 8.83. The van der Waals surface area contributed by atoms with E-state index in [9.17, 15) is 0 Å². The van der Waals surface area contributed by atoms with Gasteiger partial charge in [0.05, 0.1) is 16.4 Å². The number of para-hydroxylation sites is 1. The standard InChI is InChI=1S/C47H29NO/c1-2-12-30(13-3-1)31-22-25-33(26-23-31)48-43-29-45-42(28-38(43)37-27-24-32-14-4-5-15-34(32)46(37)48)47(41-20-10-11-21-44(41)49-45)39-18-8-6-16-35(39)36-17-7-9-19-40(36)47/h1-29H. The molecule has 0 unspecified atom stereocenters. The van der Waals surface area contributed by atoms with Crippen LogP contribution in [0.25, 0.3) is 60.5 Å². The molecule has 2 aliphatic rings. The summed E-state index contributed by atoms with van der Waals surface area (Å²) in [5.74, 6) is 1.80. The Kier molecular flexibility index (Phi) is 5.34. The molecule has 8 aromatic carbocycles. The zero-order valence-electron chi connectivity index (χ0n) is 26.6. The minimum atomic E-state index is -0.506. The van der Waals surface area contributed by atoms with Crippen molar-refractivity contribution >= 4 is 32.6 Å². The molecule has 1 aliphatic carbocycles. The van der Waals surface area contributed by atoms with Crippen molar-refractivity contribution in [1.82, 2.24) is 4.57 Å². The molecule has 0 fully saturated rings. The summed E-state index contributed by atoms with van der Waals surface area (Å²) < 4.78 is 9.38. The molecule has 1 spiro atoms. The molecule has 0 atom stereocenters. The van der Waals surface area contributed by atoms with Crippen LogP contribution in [0, 0.1) is 0 Å². The van der Waals surface area contributed by atoms with Gasteiger partial charge < -0.3 is 9.30 Å². The van der Waals surface area contributed by atoms with Gasteiger partial charge in [-0.1, -0.05) is 146 Å². The highest BCUT2D eigenvalue weighted by Crippen LogP contribution is 2.62. The normalized spacial score (nSPS) is 13.6. The van der Waals surface area contributed by atoms with E-state index in [1.54, 1.807) is 0 Å². The van der Waals surface area contributed by atoms with Crippen molar-refractivity contribution < 1.29 is 4.74 Å². The van der Waals surface area contributed by atoms with Crippen LogP contribution in [0.15, 0.2) is 176 Å². The Morgan fingerprint density at radius 2 is 1.04 bits per heavy atom. The number of aromatic nitrogens is 1. The molecule has 1 aromatic heterocycles. The third kappa shape index (κ3) is 3.50. The smallest absolute Gasteiger partial charge is 0.134 e. The van der Waals surface area contributed by atoms with E-state index in [0.29, 0.717) is 0 Å². The molecule has 0 bridgehead atoms. The molecule has 11 rings (SSSR count). The fraction of sp³-hybridized carbons (Fsp3) is 0.0213. The van der Waals surface area contributed by atoms with E-state index >= 15 is 0 Å². The molecule has 49 heavy (non-hydrogen) atoms. The molecule has 2 heteroatoms. The zero-order valence-corrected chi connectivity index (χ0v) is 26.6. The van der Waals surface area contributed by atoms with Crippen molar-refractivity contribution in [2.45, 2.75) is 5.41 Å². The minimum absolute atomic E-state index is 0.506. The predicted octanol–water partition coefficient (Wildman–Crippen LogP) is 12.1. The van der Waals surface area contributed by atoms with Gasteiger partial charge in [0.15, 0.2) is 0 Å². The second-order valence-corrected chi connectivity index (χ2v) is 13.2. The maximum Gasteiger partial charge on any atom is 0.134 e. The number of hydrogen-bond donors (Lipinski definition) is 0. The van der Waals surface area contributed by atoms with Crippen molar-refractivity contribution in [2.75, 3.05) is 0 Å². The van der Waals surface area contributed by atoms with Gasteiger partial charge in [0, 0.05) is 39.0 Å². The summed E-state index contributed by atoms with van der Waals surface area (Å²) in [6, 6.07) is 64.1. The van der Waals surface area contributed by atoms with Gasteiger partial charge >= 0.3 is 0 Å². The van der Waals surface area contributed by atoms with Crippen LogP contribution in [-0.4, -0.2) is 4.57 Å². The second kappa shape index (κ2) is 9.82. The van der Waals surface area contributed by atoms with E-state index in [4.69, 9.17) is 4.74 Å². The Hall–Kier alpha value is -6.38. The third-order valence-electron chi connectivity index (χ3n) is 10.9. The van der Waals surface area contributed by atoms with Gasteiger partial charge in [-0.3, -0.25) is 0 Å². The van der Waals surface area contributed by atoms with Crippen LogP contribution in [0.4, 0.5) is 0 Å². The summed E-state index contributed by atoms with van der Waals surface area (Å²) in [5.41, 5.74) is 12.9. The van der Waals surface area contributed by atoms with Crippen LogP contribution in [0.3, 0.4) is 0 Å². The number of ether oxygens (including phenoxy) is 1. The number of nitrogens with zero attached hydrogens (tertiary/aromatic N) is 1. The summed E-state index contributed by atoms with van der Waals surface area (Å²) in [6.45, 7) is 0.